The lowest BCUT2D eigenvalue weighted by Crippen LogP contribution is -2.72. The fourth-order valence-corrected chi connectivity index (χ4v) is 5.80. The van der Waals surface area contributed by atoms with Crippen molar-refractivity contribution in [2.75, 3.05) is 20.8 Å². The molecule has 2 aromatic carbocycles. The van der Waals surface area contributed by atoms with Crippen LogP contribution in [0.15, 0.2) is 74.3 Å². The molecule has 4 atom stereocenters. The number of esters is 2. The van der Waals surface area contributed by atoms with Gasteiger partial charge in [0.15, 0.2) is 0 Å². The van der Waals surface area contributed by atoms with Crippen molar-refractivity contribution in [3.63, 3.8) is 0 Å². The molecule has 0 amide bonds. The van der Waals surface area contributed by atoms with E-state index in [2.05, 4.69) is 83.2 Å². The van der Waals surface area contributed by atoms with Gasteiger partial charge in [0.05, 0.1) is 39.1 Å². The van der Waals surface area contributed by atoms with Crippen molar-refractivity contribution >= 4 is 24.1 Å². The summed E-state index contributed by atoms with van der Waals surface area (Å²) in [5.41, 5.74) is 4.44. The Morgan fingerprint density at radius 1 is 0.737 bits per heavy atom. The molecule has 2 aliphatic rings. The molecule has 0 aliphatic carbocycles. The van der Waals surface area contributed by atoms with E-state index in [4.69, 9.17) is 9.47 Å². The van der Waals surface area contributed by atoms with Gasteiger partial charge >= 0.3 is 11.9 Å². The van der Waals surface area contributed by atoms with E-state index in [-0.39, 0.29) is 48.9 Å². The molecule has 7 heteroatoms. The first kappa shape index (κ1) is 27.5. The Labute approximate surface area is 225 Å². The number of nitrogens with zero attached hydrogens (tertiary/aromatic N) is 3. The van der Waals surface area contributed by atoms with Gasteiger partial charge in [0.25, 0.3) is 0 Å². The number of hydrogen-bond donors (Lipinski definition) is 0. The highest BCUT2D eigenvalue weighted by molar-refractivity contribution is 5.71. The van der Waals surface area contributed by atoms with Gasteiger partial charge in [-0.2, -0.15) is 0 Å². The highest BCUT2D eigenvalue weighted by Crippen LogP contribution is 2.45. The van der Waals surface area contributed by atoms with E-state index in [1.807, 2.05) is 18.2 Å². The molecule has 2 fully saturated rings. The van der Waals surface area contributed by atoms with Gasteiger partial charge in [-0.3, -0.25) is 14.5 Å². The minimum absolute atomic E-state index is 0.0234. The molecular weight excluding hydrogens is 478 g/mol. The van der Waals surface area contributed by atoms with E-state index in [1.165, 1.54) is 14.2 Å². The number of benzene rings is 2. The normalized spacial score (nSPS) is 23.2. The Bertz CT molecular complexity index is 1070. The van der Waals surface area contributed by atoms with Crippen LogP contribution >= 0.6 is 0 Å². The summed E-state index contributed by atoms with van der Waals surface area (Å²) >= 11 is 0. The predicted molar refractivity (Wildman–Crippen MR) is 149 cm³/mol. The Morgan fingerprint density at radius 3 is 1.45 bits per heavy atom. The number of methoxy groups -OCH3 is 2. The maximum absolute atomic E-state index is 12.5. The lowest BCUT2D eigenvalue weighted by Gasteiger charge is -2.57. The topological polar surface area (TPSA) is 62.3 Å². The van der Waals surface area contributed by atoms with Crippen LogP contribution in [0.3, 0.4) is 0 Å². The van der Waals surface area contributed by atoms with Crippen LogP contribution in [0.2, 0.25) is 0 Å². The number of hydrogen-bond acceptors (Lipinski definition) is 7. The molecule has 0 bridgehead atoms. The van der Waals surface area contributed by atoms with E-state index >= 15 is 0 Å². The zero-order valence-corrected chi connectivity index (χ0v) is 22.3. The monoisotopic (exact) mass is 515 g/mol. The summed E-state index contributed by atoms with van der Waals surface area (Å²) in [6.07, 6.45) is 5.96. The molecule has 0 unspecified atom stereocenters. The van der Waals surface area contributed by atoms with Crippen LogP contribution in [0, 0.1) is 0 Å². The first-order valence-corrected chi connectivity index (χ1v) is 12.9. The second-order valence-corrected chi connectivity index (χ2v) is 9.75. The lowest BCUT2D eigenvalue weighted by molar-refractivity contribution is -0.219. The van der Waals surface area contributed by atoms with Crippen molar-refractivity contribution in [1.82, 2.24) is 14.9 Å². The van der Waals surface area contributed by atoms with Gasteiger partial charge in [0.2, 0.25) is 0 Å². The average Bonchev–Trinajstić information content (AvgIpc) is 3.19. The molecular formula is C31H37N3O4. The van der Waals surface area contributed by atoms with Crippen molar-refractivity contribution in [3.05, 3.63) is 96.6 Å². The highest BCUT2D eigenvalue weighted by atomic mass is 16.5. The first-order chi connectivity index (χ1) is 18.4. The Hall–Kier alpha value is -3.52. The van der Waals surface area contributed by atoms with Gasteiger partial charge in [-0.05, 0) is 22.3 Å². The number of fused-ring (bicyclic) bond motifs is 1. The van der Waals surface area contributed by atoms with Gasteiger partial charge in [-0.15, -0.1) is 6.58 Å². The van der Waals surface area contributed by atoms with Crippen molar-refractivity contribution in [3.8, 4) is 0 Å². The summed E-state index contributed by atoms with van der Waals surface area (Å²) < 4.78 is 10.1. The predicted octanol–water partition coefficient (Wildman–Crippen LogP) is 4.31. The molecule has 0 N–H and O–H groups in total. The molecule has 0 aromatic heterocycles. The molecule has 2 aromatic rings. The SMILES string of the molecule is C=CCN1[C@H](CC(=O)OC)[C@H]2[C@@H]([C@@H]1CC(=O)OC)N(Cc1ccc(C=C)cc1)N2Cc1ccc(C=C)cc1. The molecule has 4 rings (SSSR count). The fourth-order valence-electron chi connectivity index (χ4n) is 5.80. The van der Waals surface area contributed by atoms with Crippen molar-refractivity contribution in [2.45, 2.75) is 50.1 Å². The molecule has 0 radical (unpaired) electrons. The van der Waals surface area contributed by atoms with Gasteiger partial charge in [0.1, 0.15) is 0 Å². The summed E-state index contributed by atoms with van der Waals surface area (Å²) in [4.78, 5) is 27.3. The van der Waals surface area contributed by atoms with Crippen molar-refractivity contribution in [2.24, 2.45) is 0 Å². The van der Waals surface area contributed by atoms with Crippen molar-refractivity contribution < 1.29 is 19.1 Å². The number of ether oxygens (including phenoxy) is 2. The molecule has 38 heavy (non-hydrogen) atoms. The van der Waals surface area contributed by atoms with Crippen LogP contribution in [0.4, 0.5) is 0 Å². The number of rotatable bonds is 12. The first-order valence-electron chi connectivity index (χ1n) is 12.9. The third kappa shape index (κ3) is 5.65. The van der Waals surface area contributed by atoms with Crippen LogP contribution in [-0.2, 0) is 32.2 Å². The molecule has 200 valence electrons. The summed E-state index contributed by atoms with van der Waals surface area (Å²) in [7, 11) is 2.83. The third-order valence-electron chi connectivity index (χ3n) is 7.68. The second-order valence-electron chi connectivity index (χ2n) is 9.75. The van der Waals surface area contributed by atoms with E-state index < -0.39 is 0 Å². The summed E-state index contributed by atoms with van der Waals surface area (Å²) in [6, 6.07) is 16.5. The number of carbonyl (C=O) groups is 2. The Kier molecular flexibility index (Phi) is 8.94. The van der Waals surface area contributed by atoms with E-state index in [0.717, 1.165) is 22.3 Å². The van der Waals surface area contributed by atoms with E-state index in [1.54, 1.807) is 0 Å². The second kappa shape index (κ2) is 12.3. The van der Waals surface area contributed by atoms with Gasteiger partial charge < -0.3 is 9.47 Å². The number of hydrazine groups is 1. The fraction of sp³-hybridized carbons (Fsp3) is 0.355. The highest BCUT2D eigenvalue weighted by Gasteiger charge is 2.62. The van der Waals surface area contributed by atoms with E-state index in [9.17, 15) is 9.59 Å². The zero-order chi connectivity index (χ0) is 27.2. The minimum atomic E-state index is -0.268. The smallest absolute Gasteiger partial charge is 0.307 e. The van der Waals surface area contributed by atoms with Crippen LogP contribution in [0.5, 0.6) is 0 Å². The third-order valence-corrected chi connectivity index (χ3v) is 7.68. The number of carbonyl (C=O) groups excluding carboxylic acids is 2. The molecule has 7 nitrogen and oxygen atoms in total. The van der Waals surface area contributed by atoms with Crippen LogP contribution < -0.4 is 0 Å². The van der Waals surface area contributed by atoms with E-state index in [0.29, 0.717) is 19.6 Å². The Morgan fingerprint density at radius 2 is 1.13 bits per heavy atom. The maximum Gasteiger partial charge on any atom is 0.307 e. The average molecular weight is 516 g/mol. The molecule has 0 saturated carbocycles. The molecule has 2 saturated heterocycles. The van der Waals surface area contributed by atoms with Gasteiger partial charge in [-0.1, -0.05) is 79.9 Å². The van der Waals surface area contributed by atoms with Gasteiger partial charge in [-0.25, -0.2) is 10.0 Å². The standard InChI is InChI=1S/C31H37N3O4/c1-6-17-32-26(18-28(35)37-4)30-31(27(32)19-29(36)38-5)34(21-25-15-11-23(8-3)12-16-25)33(30)20-24-13-9-22(7-2)10-14-24/h6-16,26-27,30-31H,1-3,17-21H2,4-5H3/t26-,27+,30+,31-. The summed E-state index contributed by atoms with van der Waals surface area (Å²) in [5.74, 6) is -0.537. The summed E-state index contributed by atoms with van der Waals surface area (Å²) in [5, 5.41) is 4.69. The quantitative estimate of drug-likeness (QED) is 0.308. The van der Waals surface area contributed by atoms with Gasteiger partial charge in [0, 0.05) is 31.7 Å². The van der Waals surface area contributed by atoms with Crippen molar-refractivity contribution in [1.29, 1.82) is 0 Å². The lowest BCUT2D eigenvalue weighted by atomic mass is 9.90. The molecule has 2 aliphatic heterocycles. The van der Waals surface area contributed by atoms with Crippen LogP contribution in [0.25, 0.3) is 12.2 Å². The number of likely N-dealkylation sites (tertiary alicyclic amines) is 1. The maximum atomic E-state index is 12.5. The summed E-state index contributed by atoms with van der Waals surface area (Å²) in [6.45, 7) is 13.6. The largest absolute Gasteiger partial charge is 0.469 e. The molecule has 2 heterocycles. The zero-order valence-electron chi connectivity index (χ0n) is 22.3. The van der Waals surface area contributed by atoms with Crippen LogP contribution in [0.1, 0.15) is 35.1 Å². The molecule has 0 spiro atoms. The Balaban J connectivity index is 1.72. The van der Waals surface area contributed by atoms with Crippen LogP contribution in [-0.4, -0.2) is 71.8 Å². The minimum Gasteiger partial charge on any atom is -0.469 e.